The van der Waals surface area contributed by atoms with Crippen LogP contribution < -0.4 is 5.32 Å². The van der Waals surface area contributed by atoms with Gasteiger partial charge in [0.25, 0.3) is 0 Å². The van der Waals surface area contributed by atoms with Crippen molar-refractivity contribution in [2.24, 2.45) is 5.41 Å². The molecule has 0 spiro atoms. The summed E-state index contributed by atoms with van der Waals surface area (Å²) in [6.45, 7) is 7.60. The minimum absolute atomic E-state index is 0.0556. The second-order valence-electron chi connectivity index (χ2n) is 5.39. The van der Waals surface area contributed by atoms with E-state index in [9.17, 15) is 9.59 Å². The highest BCUT2D eigenvalue weighted by molar-refractivity contribution is 5.89. The van der Waals surface area contributed by atoms with Gasteiger partial charge in [0.15, 0.2) is 0 Å². The maximum absolute atomic E-state index is 11.7. The number of amides is 1. The summed E-state index contributed by atoms with van der Waals surface area (Å²) in [6, 6.07) is 5.17. The van der Waals surface area contributed by atoms with E-state index in [-0.39, 0.29) is 11.5 Å². The van der Waals surface area contributed by atoms with Gasteiger partial charge in [-0.05, 0) is 24.1 Å². The summed E-state index contributed by atoms with van der Waals surface area (Å²) in [7, 11) is 0. The van der Waals surface area contributed by atoms with Gasteiger partial charge in [-0.15, -0.1) is 0 Å². The van der Waals surface area contributed by atoms with E-state index in [4.69, 9.17) is 5.11 Å². The molecule has 1 amide bonds. The molecule has 0 fully saturated rings. The molecule has 0 bridgehead atoms. The van der Waals surface area contributed by atoms with Crippen LogP contribution in [0.3, 0.4) is 0 Å². The van der Waals surface area contributed by atoms with E-state index in [0.29, 0.717) is 12.1 Å². The fourth-order valence-corrected chi connectivity index (χ4v) is 1.46. The monoisotopic (exact) mass is 249 g/mol. The lowest BCUT2D eigenvalue weighted by Crippen LogP contribution is -2.34. The smallest absolute Gasteiger partial charge is 0.335 e. The Kier molecular flexibility index (Phi) is 4.11. The molecular weight excluding hydrogens is 230 g/mol. The van der Waals surface area contributed by atoms with E-state index in [2.05, 4.69) is 5.32 Å². The third kappa shape index (κ3) is 3.58. The number of nitrogens with one attached hydrogen (secondary N) is 1. The van der Waals surface area contributed by atoms with Gasteiger partial charge in [0.1, 0.15) is 0 Å². The maximum atomic E-state index is 11.7. The molecule has 4 heteroatoms. The van der Waals surface area contributed by atoms with Crippen molar-refractivity contribution in [1.82, 2.24) is 5.32 Å². The molecule has 0 saturated carbocycles. The second kappa shape index (κ2) is 5.21. The highest BCUT2D eigenvalue weighted by atomic mass is 16.4. The summed E-state index contributed by atoms with van der Waals surface area (Å²) in [5, 5.41) is 11.8. The zero-order valence-electron chi connectivity index (χ0n) is 11.2. The molecule has 0 aromatic heterocycles. The molecule has 0 unspecified atom stereocenters. The van der Waals surface area contributed by atoms with Gasteiger partial charge >= 0.3 is 5.97 Å². The largest absolute Gasteiger partial charge is 0.478 e. The van der Waals surface area contributed by atoms with Gasteiger partial charge < -0.3 is 10.4 Å². The Morgan fingerprint density at radius 3 is 2.39 bits per heavy atom. The molecule has 2 N–H and O–H groups in total. The summed E-state index contributed by atoms with van der Waals surface area (Å²) >= 11 is 0. The van der Waals surface area contributed by atoms with Crippen LogP contribution in [0.15, 0.2) is 18.2 Å². The lowest BCUT2D eigenvalue weighted by molar-refractivity contribution is -0.128. The van der Waals surface area contributed by atoms with Crippen molar-refractivity contribution in [1.29, 1.82) is 0 Å². The average molecular weight is 249 g/mol. The van der Waals surface area contributed by atoms with Crippen LogP contribution in [-0.2, 0) is 11.3 Å². The number of carboxylic acids is 1. The van der Waals surface area contributed by atoms with E-state index >= 15 is 0 Å². The standard InChI is InChI=1S/C14H19NO3/c1-9-5-6-10(7-11(9)12(16)17)8-15-13(18)14(2,3)4/h5-7H,8H2,1-4H3,(H,15,18)(H,16,17). The SMILES string of the molecule is Cc1ccc(CNC(=O)C(C)(C)C)cc1C(=O)O. The summed E-state index contributed by atoms with van der Waals surface area (Å²) in [5.41, 5.74) is 1.34. The van der Waals surface area contributed by atoms with Crippen molar-refractivity contribution in [3.05, 3.63) is 34.9 Å². The predicted octanol–water partition coefficient (Wildman–Crippen LogP) is 2.36. The first-order chi connectivity index (χ1) is 8.21. The van der Waals surface area contributed by atoms with Crippen molar-refractivity contribution in [3.63, 3.8) is 0 Å². The van der Waals surface area contributed by atoms with Gasteiger partial charge in [0.2, 0.25) is 5.91 Å². The Balaban J connectivity index is 2.78. The maximum Gasteiger partial charge on any atom is 0.335 e. The van der Waals surface area contributed by atoms with Gasteiger partial charge in [0, 0.05) is 12.0 Å². The first-order valence-corrected chi connectivity index (χ1v) is 5.83. The van der Waals surface area contributed by atoms with Crippen molar-refractivity contribution in [3.8, 4) is 0 Å². The number of hydrogen-bond donors (Lipinski definition) is 2. The fraction of sp³-hybridized carbons (Fsp3) is 0.429. The number of carbonyl (C=O) groups is 2. The zero-order chi connectivity index (χ0) is 13.9. The van der Waals surface area contributed by atoms with Gasteiger partial charge in [0.05, 0.1) is 5.56 Å². The lowest BCUT2D eigenvalue weighted by Gasteiger charge is -2.17. The minimum atomic E-state index is -0.948. The minimum Gasteiger partial charge on any atom is -0.478 e. The van der Waals surface area contributed by atoms with E-state index < -0.39 is 11.4 Å². The Hall–Kier alpha value is -1.84. The van der Waals surface area contributed by atoms with E-state index in [1.165, 1.54) is 0 Å². The highest BCUT2D eigenvalue weighted by Gasteiger charge is 2.20. The molecule has 1 aromatic carbocycles. The number of carbonyl (C=O) groups excluding carboxylic acids is 1. The van der Waals surface area contributed by atoms with Crippen molar-refractivity contribution in [2.75, 3.05) is 0 Å². The summed E-state index contributed by atoms with van der Waals surface area (Å²) < 4.78 is 0. The van der Waals surface area contributed by atoms with Crippen LogP contribution in [-0.4, -0.2) is 17.0 Å². The summed E-state index contributed by atoms with van der Waals surface area (Å²) in [6.07, 6.45) is 0. The number of hydrogen-bond acceptors (Lipinski definition) is 2. The predicted molar refractivity (Wildman–Crippen MR) is 69.4 cm³/mol. The third-order valence-corrected chi connectivity index (χ3v) is 2.67. The number of carboxylic acid groups (broad SMARTS) is 1. The Bertz CT molecular complexity index is 472. The Labute approximate surface area is 107 Å². The topological polar surface area (TPSA) is 66.4 Å². The van der Waals surface area contributed by atoms with Crippen molar-refractivity contribution in [2.45, 2.75) is 34.2 Å². The van der Waals surface area contributed by atoms with E-state index in [1.807, 2.05) is 26.8 Å². The molecular formula is C14H19NO3. The molecule has 98 valence electrons. The van der Waals surface area contributed by atoms with Crippen LogP contribution in [0.1, 0.15) is 42.3 Å². The van der Waals surface area contributed by atoms with Crippen molar-refractivity contribution >= 4 is 11.9 Å². The zero-order valence-corrected chi connectivity index (χ0v) is 11.2. The Morgan fingerprint density at radius 1 is 1.28 bits per heavy atom. The van der Waals surface area contributed by atoms with Gasteiger partial charge in [-0.1, -0.05) is 32.9 Å². The average Bonchev–Trinajstić information content (AvgIpc) is 2.25. The summed E-state index contributed by atoms with van der Waals surface area (Å²) in [4.78, 5) is 22.7. The molecule has 0 saturated heterocycles. The van der Waals surface area contributed by atoms with Gasteiger partial charge in [-0.2, -0.15) is 0 Å². The third-order valence-electron chi connectivity index (χ3n) is 2.67. The van der Waals surface area contributed by atoms with Crippen LogP contribution in [0, 0.1) is 12.3 Å². The van der Waals surface area contributed by atoms with Gasteiger partial charge in [-0.25, -0.2) is 4.79 Å². The summed E-state index contributed by atoms with van der Waals surface area (Å²) in [5.74, 6) is -1.00. The molecule has 4 nitrogen and oxygen atoms in total. The van der Waals surface area contributed by atoms with Crippen LogP contribution >= 0.6 is 0 Å². The lowest BCUT2D eigenvalue weighted by atomic mass is 9.95. The quantitative estimate of drug-likeness (QED) is 0.864. The van der Waals surface area contributed by atoms with Crippen molar-refractivity contribution < 1.29 is 14.7 Å². The highest BCUT2D eigenvalue weighted by Crippen LogP contribution is 2.14. The number of aromatic carboxylic acids is 1. The molecule has 0 atom stereocenters. The first kappa shape index (κ1) is 14.2. The molecule has 0 radical (unpaired) electrons. The molecule has 0 heterocycles. The van der Waals surface area contributed by atoms with E-state index in [1.54, 1.807) is 19.1 Å². The van der Waals surface area contributed by atoms with Crippen LogP contribution in [0.4, 0.5) is 0 Å². The van der Waals surface area contributed by atoms with Crippen LogP contribution in [0.25, 0.3) is 0 Å². The number of rotatable bonds is 3. The molecule has 1 aromatic rings. The molecule has 0 aliphatic carbocycles. The second-order valence-corrected chi connectivity index (χ2v) is 5.39. The Morgan fingerprint density at radius 2 is 1.89 bits per heavy atom. The first-order valence-electron chi connectivity index (χ1n) is 5.83. The number of aryl methyl sites for hydroxylation is 1. The van der Waals surface area contributed by atoms with E-state index in [0.717, 1.165) is 5.56 Å². The molecule has 0 aliphatic heterocycles. The molecule has 18 heavy (non-hydrogen) atoms. The fourth-order valence-electron chi connectivity index (χ4n) is 1.46. The van der Waals surface area contributed by atoms with Crippen LogP contribution in [0.2, 0.25) is 0 Å². The van der Waals surface area contributed by atoms with Gasteiger partial charge in [-0.3, -0.25) is 4.79 Å². The van der Waals surface area contributed by atoms with Crippen LogP contribution in [0.5, 0.6) is 0 Å². The normalized spacial score (nSPS) is 11.1. The number of benzene rings is 1. The molecule has 1 rings (SSSR count). The molecule has 0 aliphatic rings.